The molecular weight excluding hydrogens is 192 g/mol. The molecule has 15 heavy (non-hydrogen) atoms. The van der Waals surface area contributed by atoms with Crippen molar-refractivity contribution in [2.24, 2.45) is 0 Å². The molecule has 0 atom stereocenters. The highest BCUT2D eigenvalue weighted by Crippen LogP contribution is 2.09. The summed E-state index contributed by atoms with van der Waals surface area (Å²) < 4.78 is 0. The molecule has 4 nitrogen and oxygen atoms in total. The van der Waals surface area contributed by atoms with E-state index in [0.717, 1.165) is 25.9 Å². The molecule has 1 N–H and O–H groups in total. The van der Waals surface area contributed by atoms with Crippen LogP contribution in [0.5, 0.6) is 0 Å². The fourth-order valence-corrected chi connectivity index (χ4v) is 1.64. The van der Waals surface area contributed by atoms with Gasteiger partial charge in [-0.1, -0.05) is 6.08 Å². The van der Waals surface area contributed by atoms with Crippen LogP contribution in [-0.4, -0.2) is 36.3 Å². The second-order valence-electron chi connectivity index (χ2n) is 3.71. The number of hydrogen-bond acceptors (Lipinski definition) is 2. The van der Waals surface area contributed by atoms with E-state index in [9.17, 15) is 9.59 Å². The Labute approximate surface area is 90.3 Å². The molecule has 0 aromatic carbocycles. The van der Waals surface area contributed by atoms with Crippen molar-refractivity contribution in [3.63, 3.8) is 0 Å². The summed E-state index contributed by atoms with van der Waals surface area (Å²) in [5.74, 6) is -0.276. The summed E-state index contributed by atoms with van der Waals surface area (Å²) in [6, 6.07) is 0. The third kappa shape index (κ3) is 4.14. The molecule has 0 aromatic rings. The zero-order chi connectivity index (χ0) is 11.1. The standard InChI is InChI=1S/C11H18N2O2/c1-2-6-12-10(14)9-11(15)13-7-4-3-5-8-13/h2H,1,3-9H2,(H,12,14). The fraction of sp³-hybridized carbons (Fsp3) is 0.636. The molecule has 1 rings (SSSR count). The molecule has 2 amide bonds. The summed E-state index contributed by atoms with van der Waals surface area (Å²) in [5, 5.41) is 2.60. The molecule has 84 valence electrons. The van der Waals surface area contributed by atoms with Crippen LogP contribution in [0.1, 0.15) is 25.7 Å². The summed E-state index contributed by atoms with van der Waals surface area (Å²) in [5.41, 5.74) is 0. The van der Waals surface area contributed by atoms with Crippen LogP contribution in [0.25, 0.3) is 0 Å². The number of hydrogen-bond donors (Lipinski definition) is 1. The Hall–Kier alpha value is -1.32. The second kappa shape index (κ2) is 6.22. The van der Waals surface area contributed by atoms with Crippen LogP contribution < -0.4 is 5.32 Å². The van der Waals surface area contributed by atoms with Crippen molar-refractivity contribution in [2.75, 3.05) is 19.6 Å². The average Bonchev–Trinajstić information content (AvgIpc) is 2.27. The molecule has 0 saturated carbocycles. The van der Waals surface area contributed by atoms with Crippen molar-refractivity contribution in [1.82, 2.24) is 10.2 Å². The molecule has 1 saturated heterocycles. The minimum atomic E-state index is -0.217. The molecule has 1 aliphatic rings. The molecule has 1 fully saturated rings. The normalized spacial score (nSPS) is 15.9. The van der Waals surface area contributed by atoms with E-state index in [-0.39, 0.29) is 18.2 Å². The Morgan fingerprint density at radius 3 is 2.53 bits per heavy atom. The first kappa shape index (κ1) is 11.8. The first-order valence-electron chi connectivity index (χ1n) is 5.39. The largest absolute Gasteiger partial charge is 0.352 e. The van der Waals surface area contributed by atoms with Gasteiger partial charge >= 0.3 is 0 Å². The fourth-order valence-electron chi connectivity index (χ4n) is 1.64. The zero-order valence-corrected chi connectivity index (χ0v) is 9.00. The van der Waals surface area contributed by atoms with Gasteiger partial charge in [0.15, 0.2) is 0 Å². The number of carbonyl (C=O) groups is 2. The average molecular weight is 210 g/mol. The van der Waals surface area contributed by atoms with E-state index < -0.39 is 0 Å². The molecule has 0 aromatic heterocycles. The van der Waals surface area contributed by atoms with Gasteiger partial charge in [0.2, 0.25) is 11.8 Å². The topological polar surface area (TPSA) is 49.4 Å². The number of amides is 2. The van der Waals surface area contributed by atoms with Gasteiger partial charge in [-0.2, -0.15) is 0 Å². The van der Waals surface area contributed by atoms with Crippen LogP contribution in [0.4, 0.5) is 0 Å². The minimum Gasteiger partial charge on any atom is -0.352 e. The van der Waals surface area contributed by atoms with Gasteiger partial charge < -0.3 is 10.2 Å². The molecule has 0 spiro atoms. The molecule has 4 heteroatoms. The first-order valence-corrected chi connectivity index (χ1v) is 5.39. The number of carbonyl (C=O) groups excluding carboxylic acids is 2. The van der Waals surface area contributed by atoms with Crippen LogP contribution in [-0.2, 0) is 9.59 Å². The smallest absolute Gasteiger partial charge is 0.232 e. The lowest BCUT2D eigenvalue weighted by atomic mass is 10.1. The van der Waals surface area contributed by atoms with Gasteiger partial charge in [0, 0.05) is 19.6 Å². The molecule has 0 unspecified atom stereocenters. The quantitative estimate of drug-likeness (QED) is 0.548. The third-order valence-electron chi connectivity index (χ3n) is 2.46. The van der Waals surface area contributed by atoms with Gasteiger partial charge in [-0.05, 0) is 19.3 Å². The Morgan fingerprint density at radius 2 is 1.93 bits per heavy atom. The monoisotopic (exact) mass is 210 g/mol. The molecular formula is C11H18N2O2. The van der Waals surface area contributed by atoms with E-state index in [1.165, 1.54) is 6.42 Å². The maximum atomic E-state index is 11.6. The molecule has 0 bridgehead atoms. The van der Waals surface area contributed by atoms with Crippen LogP contribution in [0.2, 0.25) is 0 Å². The number of nitrogens with zero attached hydrogens (tertiary/aromatic N) is 1. The van der Waals surface area contributed by atoms with Gasteiger partial charge in [0.25, 0.3) is 0 Å². The Balaban J connectivity index is 2.27. The van der Waals surface area contributed by atoms with Crippen LogP contribution in [0.3, 0.4) is 0 Å². The van der Waals surface area contributed by atoms with Gasteiger partial charge in [0.05, 0.1) is 0 Å². The third-order valence-corrected chi connectivity index (χ3v) is 2.46. The zero-order valence-electron chi connectivity index (χ0n) is 9.00. The summed E-state index contributed by atoms with van der Waals surface area (Å²) in [6.07, 6.45) is 4.86. The number of nitrogens with one attached hydrogen (secondary N) is 1. The van der Waals surface area contributed by atoms with Crippen molar-refractivity contribution in [1.29, 1.82) is 0 Å². The van der Waals surface area contributed by atoms with Gasteiger partial charge in [-0.15, -0.1) is 6.58 Å². The Morgan fingerprint density at radius 1 is 1.27 bits per heavy atom. The Bertz CT molecular complexity index is 245. The highest BCUT2D eigenvalue weighted by Gasteiger charge is 2.18. The van der Waals surface area contributed by atoms with Crippen LogP contribution in [0.15, 0.2) is 12.7 Å². The number of rotatable bonds is 4. The predicted molar refractivity (Wildman–Crippen MR) is 58.3 cm³/mol. The van der Waals surface area contributed by atoms with Crippen LogP contribution in [0, 0.1) is 0 Å². The second-order valence-corrected chi connectivity index (χ2v) is 3.71. The summed E-state index contributed by atoms with van der Waals surface area (Å²) in [4.78, 5) is 24.6. The van der Waals surface area contributed by atoms with E-state index in [1.807, 2.05) is 0 Å². The summed E-state index contributed by atoms with van der Waals surface area (Å²) >= 11 is 0. The van der Waals surface area contributed by atoms with E-state index >= 15 is 0 Å². The minimum absolute atomic E-state index is 0.0339. The van der Waals surface area contributed by atoms with Crippen molar-refractivity contribution < 1.29 is 9.59 Å². The van der Waals surface area contributed by atoms with E-state index in [0.29, 0.717) is 6.54 Å². The van der Waals surface area contributed by atoms with Gasteiger partial charge in [0.1, 0.15) is 6.42 Å². The molecule has 1 heterocycles. The van der Waals surface area contributed by atoms with Crippen LogP contribution >= 0.6 is 0 Å². The van der Waals surface area contributed by atoms with Gasteiger partial charge in [-0.25, -0.2) is 0 Å². The SMILES string of the molecule is C=CCNC(=O)CC(=O)N1CCCCC1. The van der Waals surface area contributed by atoms with E-state index in [1.54, 1.807) is 11.0 Å². The first-order chi connectivity index (χ1) is 7.24. The maximum Gasteiger partial charge on any atom is 0.232 e. The van der Waals surface area contributed by atoms with Crippen molar-refractivity contribution in [2.45, 2.75) is 25.7 Å². The number of piperidine rings is 1. The summed E-state index contributed by atoms with van der Waals surface area (Å²) in [6.45, 7) is 5.51. The van der Waals surface area contributed by atoms with Crippen molar-refractivity contribution in [3.05, 3.63) is 12.7 Å². The lowest BCUT2D eigenvalue weighted by Crippen LogP contribution is -2.38. The highest BCUT2D eigenvalue weighted by atomic mass is 16.2. The van der Waals surface area contributed by atoms with Gasteiger partial charge in [-0.3, -0.25) is 9.59 Å². The van der Waals surface area contributed by atoms with E-state index in [4.69, 9.17) is 0 Å². The van der Waals surface area contributed by atoms with E-state index in [2.05, 4.69) is 11.9 Å². The Kier molecular flexibility index (Phi) is 4.87. The molecule has 1 aliphatic heterocycles. The molecule has 0 radical (unpaired) electrons. The number of likely N-dealkylation sites (tertiary alicyclic amines) is 1. The highest BCUT2D eigenvalue weighted by molar-refractivity contribution is 5.96. The van der Waals surface area contributed by atoms with Crippen molar-refractivity contribution >= 4 is 11.8 Å². The lowest BCUT2D eigenvalue weighted by molar-refractivity contribution is -0.136. The maximum absolute atomic E-state index is 11.6. The lowest BCUT2D eigenvalue weighted by Gasteiger charge is -2.26. The predicted octanol–water partition coefficient (Wildman–Crippen LogP) is 0.691. The molecule has 0 aliphatic carbocycles. The van der Waals surface area contributed by atoms with Crippen molar-refractivity contribution in [3.8, 4) is 0 Å². The summed E-state index contributed by atoms with van der Waals surface area (Å²) in [7, 11) is 0.